The highest BCUT2D eigenvalue weighted by molar-refractivity contribution is 5.09. The summed E-state index contributed by atoms with van der Waals surface area (Å²) in [5.74, 6) is 0.578. The minimum atomic E-state index is 0.356. The summed E-state index contributed by atoms with van der Waals surface area (Å²) < 4.78 is 0. The Labute approximate surface area is 62.8 Å². The molecule has 1 heteroatoms. The van der Waals surface area contributed by atoms with Crippen molar-refractivity contribution >= 4 is 0 Å². The number of allylic oxidation sites excluding steroid dienone is 2. The van der Waals surface area contributed by atoms with Gasteiger partial charge in [-0.1, -0.05) is 32.9 Å². The van der Waals surface area contributed by atoms with E-state index in [9.17, 15) is 0 Å². The maximum atomic E-state index is 3.03. The molecule has 0 aromatic carbocycles. The molecular weight excluding hydrogens is 122 g/mol. The Morgan fingerprint density at radius 3 is 1.90 bits per heavy atom. The van der Waals surface area contributed by atoms with Crippen LogP contribution < -0.4 is 5.32 Å². The van der Waals surface area contributed by atoms with Crippen molar-refractivity contribution in [3.8, 4) is 0 Å². The Morgan fingerprint density at radius 2 is 1.60 bits per heavy atom. The molecule has 0 aromatic rings. The molecule has 0 saturated heterocycles. The second kappa shape index (κ2) is 2.49. The van der Waals surface area contributed by atoms with Gasteiger partial charge in [0, 0.05) is 5.92 Å². The van der Waals surface area contributed by atoms with Crippen LogP contribution in [0.1, 0.15) is 20.8 Å². The summed E-state index contributed by atoms with van der Waals surface area (Å²) >= 11 is 0. The molecule has 0 radical (unpaired) electrons. The van der Waals surface area contributed by atoms with E-state index < -0.39 is 0 Å². The third-order valence-electron chi connectivity index (χ3n) is 1.80. The smallest absolute Gasteiger partial charge is 0.00298 e. The lowest BCUT2D eigenvalue weighted by Gasteiger charge is -2.26. The zero-order chi connectivity index (χ0) is 7.61. The van der Waals surface area contributed by atoms with Gasteiger partial charge >= 0.3 is 0 Å². The monoisotopic (exact) mass is 137 g/mol. The fourth-order valence-corrected chi connectivity index (χ4v) is 1.02. The van der Waals surface area contributed by atoms with Gasteiger partial charge in [0.25, 0.3) is 0 Å². The van der Waals surface area contributed by atoms with Crippen LogP contribution in [0.4, 0.5) is 0 Å². The maximum Gasteiger partial charge on any atom is 0.00298 e. The SMILES string of the molecule is CC(C)(C)C1C=CNC=C1. The highest BCUT2D eigenvalue weighted by atomic mass is 14.8. The highest BCUT2D eigenvalue weighted by Gasteiger charge is 2.19. The molecule has 0 bridgehead atoms. The quantitative estimate of drug-likeness (QED) is 0.540. The molecule has 1 nitrogen and oxygen atoms in total. The Morgan fingerprint density at radius 1 is 1.10 bits per heavy atom. The van der Waals surface area contributed by atoms with Gasteiger partial charge < -0.3 is 5.32 Å². The average molecular weight is 137 g/mol. The van der Waals surface area contributed by atoms with E-state index in [1.807, 2.05) is 12.4 Å². The van der Waals surface area contributed by atoms with E-state index in [4.69, 9.17) is 0 Å². The van der Waals surface area contributed by atoms with E-state index in [0.29, 0.717) is 11.3 Å². The Bertz CT molecular complexity index is 148. The third kappa shape index (κ3) is 1.63. The van der Waals surface area contributed by atoms with Gasteiger partial charge in [-0.25, -0.2) is 0 Å². The molecule has 0 amide bonds. The van der Waals surface area contributed by atoms with Crippen LogP contribution in [0.3, 0.4) is 0 Å². The zero-order valence-electron chi connectivity index (χ0n) is 6.89. The molecule has 0 aromatic heterocycles. The predicted octanol–water partition coefficient (Wildman–Crippen LogP) is 2.28. The van der Waals surface area contributed by atoms with Crippen molar-refractivity contribution in [2.24, 2.45) is 11.3 Å². The van der Waals surface area contributed by atoms with Gasteiger partial charge in [-0.05, 0) is 17.8 Å². The summed E-state index contributed by atoms with van der Waals surface area (Å²) in [4.78, 5) is 0. The maximum absolute atomic E-state index is 3.03. The first-order valence-electron chi connectivity index (χ1n) is 3.70. The second-order valence-electron chi connectivity index (χ2n) is 3.78. The lowest BCUT2D eigenvalue weighted by atomic mass is 9.80. The van der Waals surface area contributed by atoms with Crippen LogP contribution in [0.2, 0.25) is 0 Å². The van der Waals surface area contributed by atoms with Gasteiger partial charge in [0.1, 0.15) is 0 Å². The summed E-state index contributed by atoms with van der Waals surface area (Å²) in [6, 6.07) is 0. The third-order valence-corrected chi connectivity index (χ3v) is 1.80. The summed E-state index contributed by atoms with van der Waals surface area (Å²) in [6.45, 7) is 6.74. The van der Waals surface area contributed by atoms with Crippen LogP contribution in [0.15, 0.2) is 24.6 Å². The number of hydrogen-bond donors (Lipinski definition) is 1. The molecular formula is C9H15N. The molecule has 1 heterocycles. The van der Waals surface area contributed by atoms with Crippen molar-refractivity contribution in [2.45, 2.75) is 20.8 Å². The van der Waals surface area contributed by atoms with E-state index in [2.05, 4.69) is 38.2 Å². The van der Waals surface area contributed by atoms with E-state index >= 15 is 0 Å². The fraction of sp³-hybridized carbons (Fsp3) is 0.556. The van der Waals surface area contributed by atoms with Crippen LogP contribution in [0.25, 0.3) is 0 Å². The van der Waals surface area contributed by atoms with Crippen molar-refractivity contribution in [2.75, 3.05) is 0 Å². The number of dihydropyridines is 1. The van der Waals surface area contributed by atoms with Gasteiger partial charge in [-0.3, -0.25) is 0 Å². The lowest BCUT2D eigenvalue weighted by Crippen LogP contribution is -2.19. The zero-order valence-corrected chi connectivity index (χ0v) is 6.89. The van der Waals surface area contributed by atoms with Crippen molar-refractivity contribution in [3.05, 3.63) is 24.6 Å². The van der Waals surface area contributed by atoms with E-state index in [0.717, 1.165) is 0 Å². The molecule has 0 aliphatic carbocycles. The summed E-state index contributed by atoms with van der Waals surface area (Å²) in [7, 11) is 0. The highest BCUT2D eigenvalue weighted by Crippen LogP contribution is 2.28. The predicted molar refractivity (Wildman–Crippen MR) is 44.4 cm³/mol. The van der Waals surface area contributed by atoms with Gasteiger partial charge in [0.15, 0.2) is 0 Å². The molecule has 0 spiro atoms. The minimum absolute atomic E-state index is 0.356. The molecule has 0 atom stereocenters. The number of nitrogens with one attached hydrogen (secondary N) is 1. The second-order valence-corrected chi connectivity index (χ2v) is 3.78. The van der Waals surface area contributed by atoms with Gasteiger partial charge in [0.05, 0.1) is 0 Å². The first-order valence-corrected chi connectivity index (χ1v) is 3.70. The standard InChI is InChI=1S/C9H15N/c1-9(2,3)8-4-6-10-7-5-8/h4-8,10H,1-3H3. The van der Waals surface area contributed by atoms with Gasteiger partial charge in [0.2, 0.25) is 0 Å². The molecule has 1 aliphatic rings. The van der Waals surface area contributed by atoms with E-state index in [-0.39, 0.29) is 0 Å². The number of hydrogen-bond acceptors (Lipinski definition) is 1. The Hall–Kier alpha value is -0.720. The average Bonchev–Trinajstić information content (AvgIpc) is 1.88. The molecule has 0 fully saturated rings. The topological polar surface area (TPSA) is 12.0 Å². The van der Waals surface area contributed by atoms with Crippen LogP contribution in [-0.4, -0.2) is 0 Å². The van der Waals surface area contributed by atoms with Crippen molar-refractivity contribution in [1.82, 2.24) is 5.32 Å². The van der Waals surface area contributed by atoms with Crippen molar-refractivity contribution < 1.29 is 0 Å². The molecule has 1 N–H and O–H groups in total. The van der Waals surface area contributed by atoms with Crippen LogP contribution in [-0.2, 0) is 0 Å². The number of rotatable bonds is 0. The van der Waals surface area contributed by atoms with Crippen molar-refractivity contribution in [3.63, 3.8) is 0 Å². The molecule has 0 saturated carbocycles. The molecule has 56 valence electrons. The van der Waals surface area contributed by atoms with Crippen LogP contribution >= 0.6 is 0 Å². The summed E-state index contributed by atoms with van der Waals surface area (Å²) in [5.41, 5.74) is 0.356. The van der Waals surface area contributed by atoms with Gasteiger partial charge in [-0.2, -0.15) is 0 Å². The first kappa shape index (κ1) is 7.39. The molecule has 1 rings (SSSR count). The van der Waals surface area contributed by atoms with Gasteiger partial charge in [-0.15, -0.1) is 0 Å². The Kier molecular flexibility index (Phi) is 1.84. The molecule has 1 aliphatic heterocycles. The largest absolute Gasteiger partial charge is 0.368 e. The normalized spacial score (nSPS) is 19.1. The molecule has 0 unspecified atom stereocenters. The minimum Gasteiger partial charge on any atom is -0.368 e. The van der Waals surface area contributed by atoms with E-state index in [1.165, 1.54) is 0 Å². The summed E-state index contributed by atoms with van der Waals surface area (Å²) in [6.07, 6.45) is 8.38. The van der Waals surface area contributed by atoms with Crippen molar-refractivity contribution in [1.29, 1.82) is 0 Å². The van der Waals surface area contributed by atoms with Crippen LogP contribution in [0.5, 0.6) is 0 Å². The molecule has 10 heavy (non-hydrogen) atoms. The van der Waals surface area contributed by atoms with Crippen LogP contribution in [0, 0.1) is 11.3 Å². The Balaban J connectivity index is 2.64. The summed E-state index contributed by atoms with van der Waals surface area (Å²) in [5, 5.41) is 3.03. The van der Waals surface area contributed by atoms with E-state index in [1.54, 1.807) is 0 Å². The first-order chi connectivity index (χ1) is 4.61. The lowest BCUT2D eigenvalue weighted by molar-refractivity contribution is 0.340. The fourth-order valence-electron chi connectivity index (χ4n) is 1.02.